The monoisotopic (exact) mass is 537 g/mol. The zero-order valence-electron chi connectivity index (χ0n) is 21.4. The molecular weight excluding hydrogens is 513 g/mol. The number of rotatable bonds is 8. The van der Waals surface area contributed by atoms with Gasteiger partial charge in [-0.15, -0.1) is 0 Å². The summed E-state index contributed by atoms with van der Waals surface area (Å²) in [5.41, 5.74) is 0.00323. The van der Waals surface area contributed by atoms with Crippen molar-refractivity contribution in [3.63, 3.8) is 0 Å². The van der Waals surface area contributed by atoms with Gasteiger partial charge < -0.3 is 15.4 Å². The molecule has 3 heterocycles. The van der Waals surface area contributed by atoms with E-state index in [0.29, 0.717) is 29.1 Å². The minimum absolute atomic E-state index is 0.00512. The molecule has 0 aliphatic rings. The molecule has 0 aliphatic heterocycles. The minimum Gasteiger partial charge on any atom is -0.457 e. The lowest BCUT2D eigenvalue weighted by molar-refractivity contribution is 0.0947. The first kappa shape index (κ1) is 26.2. The fraction of sp³-hybridized carbons (Fsp3) is 0.100. The van der Waals surface area contributed by atoms with Crippen LogP contribution in [0.1, 0.15) is 34.2 Å². The molecule has 0 saturated carbocycles. The van der Waals surface area contributed by atoms with Gasteiger partial charge in [0, 0.05) is 36.1 Å². The number of hydrogen-bond acceptors (Lipinski definition) is 6. The van der Waals surface area contributed by atoms with E-state index in [-0.39, 0.29) is 28.5 Å². The summed E-state index contributed by atoms with van der Waals surface area (Å²) in [6, 6.07) is 20.3. The third-order valence-corrected chi connectivity index (χ3v) is 5.95. The second-order valence-electron chi connectivity index (χ2n) is 8.78. The molecule has 2 N–H and O–H groups in total. The molecule has 0 saturated heterocycles. The van der Waals surface area contributed by atoms with E-state index >= 15 is 0 Å². The summed E-state index contributed by atoms with van der Waals surface area (Å²) in [6.45, 7) is 2.51. The largest absolute Gasteiger partial charge is 0.457 e. The first-order valence-corrected chi connectivity index (χ1v) is 12.5. The van der Waals surface area contributed by atoms with Crippen LogP contribution in [0.25, 0.3) is 16.7 Å². The van der Waals surface area contributed by atoms with Gasteiger partial charge in [0.15, 0.2) is 0 Å². The second kappa shape index (κ2) is 11.6. The Kier molecular flexibility index (Phi) is 7.58. The van der Waals surface area contributed by atoms with Crippen LogP contribution in [0.5, 0.6) is 11.5 Å². The van der Waals surface area contributed by atoms with Gasteiger partial charge in [0.25, 0.3) is 17.4 Å². The lowest BCUT2D eigenvalue weighted by Gasteiger charge is -2.13. The number of carbonyl (C=O) groups excluding carboxylic acids is 2. The van der Waals surface area contributed by atoms with E-state index in [4.69, 9.17) is 4.74 Å². The lowest BCUT2D eigenvalue weighted by atomic mass is 10.1. The van der Waals surface area contributed by atoms with Gasteiger partial charge in [0.05, 0.1) is 5.69 Å². The van der Waals surface area contributed by atoms with Crippen molar-refractivity contribution >= 4 is 28.5 Å². The van der Waals surface area contributed by atoms with Gasteiger partial charge in [-0.2, -0.15) is 0 Å². The molecule has 5 aromatic rings. The first-order chi connectivity index (χ1) is 19.4. The average molecular weight is 538 g/mol. The Morgan fingerprint density at radius 2 is 1.70 bits per heavy atom. The van der Waals surface area contributed by atoms with Crippen molar-refractivity contribution in [1.29, 1.82) is 0 Å². The Labute approximate surface area is 228 Å². The molecule has 0 radical (unpaired) electrons. The molecule has 200 valence electrons. The third-order valence-electron chi connectivity index (χ3n) is 5.95. The maximum atomic E-state index is 14.6. The van der Waals surface area contributed by atoms with E-state index in [2.05, 4.69) is 20.6 Å². The predicted octanol–water partition coefficient (Wildman–Crippen LogP) is 5.10. The van der Waals surface area contributed by atoms with Crippen molar-refractivity contribution in [2.45, 2.75) is 13.3 Å². The molecule has 5 rings (SSSR count). The molecule has 0 aliphatic carbocycles. The molecule has 0 bridgehead atoms. The number of para-hydroxylation sites is 1. The van der Waals surface area contributed by atoms with Crippen LogP contribution < -0.4 is 20.9 Å². The summed E-state index contributed by atoms with van der Waals surface area (Å²) in [5.74, 6) is -0.683. The van der Waals surface area contributed by atoms with Crippen LogP contribution in [0.15, 0.2) is 96.1 Å². The second-order valence-corrected chi connectivity index (χ2v) is 8.78. The summed E-state index contributed by atoms with van der Waals surface area (Å²) in [5, 5.41) is 5.97. The molecule has 40 heavy (non-hydrogen) atoms. The number of nitrogens with one attached hydrogen (secondary N) is 2. The van der Waals surface area contributed by atoms with E-state index in [1.807, 2.05) is 6.92 Å². The number of nitrogens with zero attached hydrogens (tertiary/aromatic N) is 3. The Balaban J connectivity index is 1.37. The van der Waals surface area contributed by atoms with Gasteiger partial charge in [-0.25, -0.2) is 9.37 Å². The van der Waals surface area contributed by atoms with Crippen LogP contribution in [-0.4, -0.2) is 32.9 Å². The first-order valence-electron chi connectivity index (χ1n) is 12.5. The SMILES string of the molecule is CCCNC(=O)c1cc(Oc2ccc(NC(=O)c3cc4cccnc4n(-c4ccccc4F)c3=O)cc2)ccn1. The molecule has 9 nitrogen and oxygen atoms in total. The van der Waals surface area contributed by atoms with Gasteiger partial charge in [-0.05, 0) is 67.1 Å². The maximum Gasteiger partial charge on any atom is 0.270 e. The minimum atomic E-state index is -0.704. The molecule has 10 heteroatoms. The highest BCUT2D eigenvalue weighted by molar-refractivity contribution is 6.05. The summed E-state index contributed by atoms with van der Waals surface area (Å²) in [7, 11) is 0. The average Bonchev–Trinajstić information content (AvgIpc) is 2.97. The highest BCUT2D eigenvalue weighted by Gasteiger charge is 2.19. The van der Waals surface area contributed by atoms with E-state index in [9.17, 15) is 18.8 Å². The number of carbonyl (C=O) groups is 2. The topological polar surface area (TPSA) is 115 Å². The number of benzene rings is 2. The van der Waals surface area contributed by atoms with Gasteiger partial charge in [-0.3, -0.25) is 23.9 Å². The number of anilines is 1. The summed E-state index contributed by atoms with van der Waals surface area (Å²) in [6.07, 6.45) is 3.79. The number of hydrogen-bond donors (Lipinski definition) is 2. The van der Waals surface area contributed by atoms with E-state index in [1.54, 1.807) is 48.5 Å². The smallest absolute Gasteiger partial charge is 0.270 e. The number of fused-ring (bicyclic) bond motifs is 1. The molecule has 0 fully saturated rings. The molecule has 0 atom stereocenters. The molecule has 2 aromatic carbocycles. The highest BCUT2D eigenvalue weighted by Crippen LogP contribution is 2.24. The van der Waals surface area contributed by atoms with Gasteiger partial charge in [0.2, 0.25) is 0 Å². The van der Waals surface area contributed by atoms with Crippen LogP contribution in [0.3, 0.4) is 0 Å². The summed E-state index contributed by atoms with van der Waals surface area (Å²) >= 11 is 0. The van der Waals surface area contributed by atoms with Crippen LogP contribution in [-0.2, 0) is 0 Å². The summed E-state index contributed by atoms with van der Waals surface area (Å²) < 4.78 is 21.6. The van der Waals surface area contributed by atoms with Crippen LogP contribution in [0, 0.1) is 5.82 Å². The van der Waals surface area contributed by atoms with Crippen LogP contribution >= 0.6 is 0 Å². The number of ether oxygens (including phenoxy) is 1. The van der Waals surface area contributed by atoms with Crippen molar-refractivity contribution in [3.8, 4) is 17.2 Å². The molecule has 2 amide bonds. The van der Waals surface area contributed by atoms with E-state index in [0.717, 1.165) is 11.0 Å². The molecular formula is C30H24FN5O4. The van der Waals surface area contributed by atoms with Crippen molar-refractivity contribution in [2.75, 3.05) is 11.9 Å². The lowest BCUT2D eigenvalue weighted by Crippen LogP contribution is -2.29. The fourth-order valence-electron chi connectivity index (χ4n) is 4.03. The Bertz CT molecular complexity index is 1770. The predicted molar refractivity (Wildman–Crippen MR) is 149 cm³/mol. The van der Waals surface area contributed by atoms with Crippen molar-refractivity contribution in [1.82, 2.24) is 19.9 Å². The Hall–Kier alpha value is -5.38. The third kappa shape index (κ3) is 5.56. The van der Waals surface area contributed by atoms with Gasteiger partial charge in [-0.1, -0.05) is 19.1 Å². The standard InChI is InChI=1S/C30H24FN5O4/c1-2-14-34-29(38)25-18-22(13-16-32-25)40-21-11-9-20(10-12-21)35-28(37)23-17-19-6-5-15-33-27(19)36(30(23)39)26-8-4-3-7-24(26)31/h3-13,15-18H,2,14H2,1H3,(H,34,38)(H,35,37). The number of aromatic nitrogens is 3. The van der Waals surface area contributed by atoms with Crippen LogP contribution in [0.4, 0.5) is 10.1 Å². The molecule has 0 spiro atoms. The zero-order valence-corrected chi connectivity index (χ0v) is 21.4. The van der Waals surface area contributed by atoms with Crippen LogP contribution in [0.2, 0.25) is 0 Å². The highest BCUT2D eigenvalue weighted by atomic mass is 19.1. The molecule has 0 unspecified atom stereocenters. The van der Waals surface area contributed by atoms with Crippen molar-refractivity contribution in [2.24, 2.45) is 0 Å². The Morgan fingerprint density at radius 3 is 2.48 bits per heavy atom. The Morgan fingerprint density at radius 1 is 0.900 bits per heavy atom. The van der Waals surface area contributed by atoms with E-state index in [1.165, 1.54) is 42.7 Å². The zero-order chi connectivity index (χ0) is 28.1. The fourth-order valence-corrected chi connectivity index (χ4v) is 4.03. The normalized spacial score (nSPS) is 10.8. The van der Waals surface area contributed by atoms with Gasteiger partial charge >= 0.3 is 0 Å². The maximum absolute atomic E-state index is 14.6. The summed E-state index contributed by atoms with van der Waals surface area (Å²) in [4.78, 5) is 47.1. The van der Waals surface area contributed by atoms with E-state index < -0.39 is 17.3 Å². The molecule has 3 aromatic heterocycles. The number of amides is 2. The quantitative estimate of drug-likeness (QED) is 0.285. The number of pyridine rings is 3. The number of halogens is 1. The van der Waals surface area contributed by atoms with Crippen molar-refractivity contribution < 1.29 is 18.7 Å². The van der Waals surface area contributed by atoms with Crippen molar-refractivity contribution in [3.05, 3.63) is 119 Å². The van der Waals surface area contributed by atoms with Gasteiger partial charge in [0.1, 0.15) is 34.2 Å².